The van der Waals surface area contributed by atoms with Crippen molar-refractivity contribution in [2.45, 2.75) is 38.3 Å². The maximum Gasteiger partial charge on any atom is 0.326 e. The normalized spacial score (nSPS) is 16.2. The third-order valence-corrected chi connectivity index (χ3v) is 3.18. The number of aliphatic carboxylic acids is 1. The first kappa shape index (κ1) is 15.7. The minimum absolute atomic E-state index is 0.00587. The van der Waals surface area contributed by atoms with Gasteiger partial charge in [0.2, 0.25) is 0 Å². The number of aliphatic hydroxyl groups is 1. The van der Waals surface area contributed by atoms with E-state index in [-0.39, 0.29) is 13.0 Å². The highest BCUT2D eigenvalue weighted by molar-refractivity contribution is 5.82. The van der Waals surface area contributed by atoms with Gasteiger partial charge in [-0.05, 0) is 19.4 Å². The van der Waals surface area contributed by atoms with Gasteiger partial charge in [-0.15, -0.1) is 0 Å². The molecule has 0 saturated heterocycles. The van der Waals surface area contributed by atoms with Gasteiger partial charge in [0.25, 0.3) is 0 Å². The van der Waals surface area contributed by atoms with Crippen LogP contribution in [-0.4, -0.2) is 65.4 Å². The number of carboxylic acids is 1. The molecule has 0 aromatic carbocycles. The summed E-state index contributed by atoms with van der Waals surface area (Å²) in [5, 5.41) is 22.5. The minimum Gasteiger partial charge on any atom is -0.480 e. The van der Waals surface area contributed by atoms with E-state index in [1.807, 2.05) is 0 Å². The molecule has 0 aromatic heterocycles. The van der Waals surface area contributed by atoms with E-state index in [1.54, 1.807) is 0 Å². The fourth-order valence-electron chi connectivity index (χ4n) is 1.95. The Balaban J connectivity index is 2.20. The lowest BCUT2D eigenvalue weighted by Crippen LogP contribution is -2.48. The number of nitrogens with one attached hydrogen (secondary N) is 2. The molecule has 1 aliphatic carbocycles. The van der Waals surface area contributed by atoms with E-state index in [0.717, 1.165) is 13.1 Å². The maximum absolute atomic E-state index is 11.5. The Hall–Kier alpha value is -1.34. The molecule has 7 nitrogen and oxygen atoms in total. The Morgan fingerprint density at radius 3 is 2.58 bits per heavy atom. The predicted octanol–water partition coefficient (Wildman–Crippen LogP) is -0.394. The number of hydrogen-bond acceptors (Lipinski definition) is 4. The van der Waals surface area contributed by atoms with Gasteiger partial charge in [-0.25, -0.2) is 9.59 Å². The maximum atomic E-state index is 11.5. The molecule has 1 fully saturated rings. The summed E-state index contributed by atoms with van der Waals surface area (Å²) < 4.78 is 0. The van der Waals surface area contributed by atoms with Crippen molar-refractivity contribution in [1.82, 2.24) is 15.5 Å². The van der Waals surface area contributed by atoms with Crippen LogP contribution in [0.1, 0.15) is 26.2 Å². The molecule has 1 rings (SSSR count). The second-order valence-corrected chi connectivity index (χ2v) is 4.66. The monoisotopic (exact) mass is 273 g/mol. The summed E-state index contributed by atoms with van der Waals surface area (Å²) in [5.74, 6) is -1.14. The van der Waals surface area contributed by atoms with Crippen LogP contribution in [0.5, 0.6) is 0 Å². The zero-order valence-corrected chi connectivity index (χ0v) is 11.3. The molecule has 0 bridgehead atoms. The summed E-state index contributed by atoms with van der Waals surface area (Å²) in [4.78, 5) is 24.6. The van der Waals surface area contributed by atoms with E-state index >= 15 is 0 Å². The number of hydrogen-bond donors (Lipinski definition) is 4. The lowest BCUT2D eigenvalue weighted by molar-refractivity contribution is -0.139. The molecule has 7 heteroatoms. The molecule has 0 heterocycles. The fourth-order valence-corrected chi connectivity index (χ4v) is 1.95. The average Bonchev–Trinajstić information content (AvgIpc) is 3.18. The van der Waals surface area contributed by atoms with Crippen LogP contribution < -0.4 is 10.6 Å². The topological polar surface area (TPSA) is 102 Å². The Bertz CT molecular complexity index is 307. The van der Waals surface area contributed by atoms with Gasteiger partial charge < -0.3 is 20.8 Å². The summed E-state index contributed by atoms with van der Waals surface area (Å²) in [6, 6.07) is -0.903. The number of rotatable bonds is 9. The number of likely N-dealkylation sites (N-methyl/N-ethyl adjacent to an activating group) is 1. The molecule has 19 heavy (non-hydrogen) atoms. The van der Waals surface area contributed by atoms with Crippen LogP contribution in [0.25, 0.3) is 0 Å². The first-order chi connectivity index (χ1) is 9.08. The zero-order chi connectivity index (χ0) is 14.3. The first-order valence-corrected chi connectivity index (χ1v) is 6.70. The van der Waals surface area contributed by atoms with Gasteiger partial charge >= 0.3 is 12.0 Å². The van der Waals surface area contributed by atoms with Gasteiger partial charge in [0.15, 0.2) is 0 Å². The lowest BCUT2D eigenvalue weighted by Gasteiger charge is -2.20. The van der Waals surface area contributed by atoms with Crippen LogP contribution in [0.15, 0.2) is 0 Å². The van der Waals surface area contributed by atoms with Crippen LogP contribution >= 0.6 is 0 Å². The third kappa shape index (κ3) is 5.89. The molecule has 1 aliphatic rings. The molecule has 4 N–H and O–H groups in total. The number of amides is 2. The summed E-state index contributed by atoms with van der Waals surface area (Å²) in [6.07, 6.45) is 2.45. The van der Waals surface area contributed by atoms with Crippen molar-refractivity contribution in [3.63, 3.8) is 0 Å². The largest absolute Gasteiger partial charge is 0.480 e. The van der Waals surface area contributed by atoms with Crippen LogP contribution in [-0.2, 0) is 4.79 Å². The van der Waals surface area contributed by atoms with E-state index < -0.39 is 18.0 Å². The minimum atomic E-state index is -1.14. The Labute approximate surface area is 113 Å². The van der Waals surface area contributed by atoms with Gasteiger partial charge in [0, 0.05) is 32.2 Å². The smallest absolute Gasteiger partial charge is 0.326 e. The van der Waals surface area contributed by atoms with E-state index in [4.69, 9.17) is 10.2 Å². The number of carbonyl (C=O) groups is 2. The van der Waals surface area contributed by atoms with Crippen molar-refractivity contribution in [3.8, 4) is 0 Å². The fraction of sp³-hybridized carbons (Fsp3) is 0.833. The van der Waals surface area contributed by atoms with Crippen molar-refractivity contribution in [2.24, 2.45) is 0 Å². The molecule has 110 valence electrons. The first-order valence-electron chi connectivity index (χ1n) is 6.70. The number of carbonyl (C=O) groups excluding carboxylic acids is 1. The number of nitrogens with zero attached hydrogens (tertiary/aromatic N) is 1. The van der Waals surface area contributed by atoms with Crippen molar-refractivity contribution in [1.29, 1.82) is 0 Å². The van der Waals surface area contributed by atoms with Gasteiger partial charge in [0.05, 0.1) is 0 Å². The van der Waals surface area contributed by atoms with Crippen LogP contribution in [0.4, 0.5) is 4.79 Å². The molecule has 0 radical (unpaired) electrons. The van der Waals surface area contributed by atoms with Gasteiger partial charge in [0.1, 0.15) is 6.04 Å². The van der Waals surface area contributed by atoms with Gasteiger partial charge in [-0.3, -0.25) is 4.90 Å². The van der Waals surface area contributed by atoms with Crippen LogP contribution in [0.3, 0.4) is 0 Å². The molecule has 1 atom stereocenters. The van der Waals surface area contributed by atoms with Crippen molar-refractivity contribution < 1.29 is 19.8 Å². The summed E-state index contributed by atoms with van der Waals surface area (Å²) in [5.41, 5.74) is 0. The second-order valence-electron chi connectivity index (χ2n) is 4.66. The van der Waals surface area contributed by atoms with E-state index in [0.29, 0.717) is 12.6 Å². The molecule has 0 spiro atoms. The van der Waals surface area contributed by atoms with Crippen LogP contribution in [0.2, 0.25) is 0 Å². The Kier molecular flexibility index (Phi) is 6.58. The standard InChI is InChI=1S/C12H23N3O4/c1-2-15(9-3-4-9)7-6-13-12(19)14-10(5-8-16)11(17)18/h9-10,16H,2-8H2,1H3,(H,17,18)(H2,13,14,19)/t10-/m0/s1. The third-order valence-electron chi connectivity index (χ3n) is 3.18. The van der Waals surface area contributed by atoms with Gasteiger partial charge in [-0.2, -0.15) is 0 Å². The van der Waals surface area contributed by atoms with Crippen LogP contribution in [0, 0.1) is 0 Å². The second kappa shape index (κ2) is 7.96. The molecule has 2 amide bonds. The molecular weight excluding hydrogens is 250 g/mol. The number of carboxylic acid groups (broad SMARTS) is 1. The molecule has 0 aliphatic heterocycles. The summed E-state index contributed by atoms with van der Waals surface area (Å²) in [7, 11) is 0. The Morgan fingerprint density at radius 2 is 2.11 bits per heavy atom. The average molecular weight is 273 g/mol. The highest BCUT2D eigenvalue weighted by Crippen LogP contribution is 2.25. The van der Waals surface area contributed by atoms with Crippen molar-refractivity contribution in [3.05, 3.63) is 0 Å². The summed E-state index contributed by atoms with van der Waals surface area (Å²) in [6.45, 7) is 4.02. The highest BCUT2D eigenvalue weighted by Gasteiger charge is 2.27. The molecule has 1 saturated carbocycles. The predicted molar refractivity (Wildman–Crippen MR) is 69.9 cm³/mol. The molecular formula is C12H23N3O4. The zero-order valence-electron chi connectivity index (χ0n) is 11.3. The van der Waals surface area contributed by atoms with E-state index in [2.05, 4.69) is 22.5 Å². The SMILES string of the molecule is CCN(CCNC(=O)N[C@@H](CCO)C(=O)O)C1CC1. The summed E-state index contributed by atoms with van der Waals surface area (Å²) >= 11 is 0. The lowest BCUT2D eigenvalue weighted by atomic mass is 10.2. The number of urea groups is 1. The molecule has 0 aromatic rings. The molecule has 0 unspecified atom stereocenters. The van der Waals surface area contributed by atoms with E-state index in [1.165, 1.54) is 12.8 Å². The van der Waals surface area contributed by atoms with Crippen molar-refractivity contribution in [2.75, 3.05) is 26.2 Å². The Morgan fingerprint density at radius 1 is 1.42 bits per heavy atom. The quantitative estimate of drug-likeness (QED) is 0.458. The van der Waals surface area contributed by atoms with Gasteiger partial charge in [-0.1, -0.05) is 6.92 Å². The number of aliphatic hydroxyl groups excluding tert-OH is 1. The van der Waals surface area contributed by atoms with E-state index in [9.17, 15) is 9.59 Å². The van der Waals surface area contributed by atoms with Crippen molar-refractivity contribution >= 4 is 12.0 Å². The highest BCUT2D eigenvalue weighted by atomic mass is 16.4.